The van der Waals surface area contributed by atoms with Gasteiger partial charge in [0.05, 0.1) is 0 Å². The van der Waals surface area contributed by atoms with E-state index in [1.807, 2.05) is 53.7 Å². The highest BCUT2D eigenvalue weighted by Gasteiger charge is 2.18. The van der Waals surface area contributed by atoms with Gasteiger partial charge in [-0.05, 0) is 106 Å². The molecule has 2 aromatic carbocycles. The Morgan fingerprint density at radius 1 is 1.07 bits per heavy atom. The molecule has 0 aliphatic heterocycles. The summed E-state index contributed by atoms with van der Waals surface area (Å²) in [5.41, 5.74) is 7.24. The van der Waals surface area contributed by atoms with E-state index in [0.29, 0.717) is 5.56 Å². The smallest absolute Gasteiger partial charge is 0.331 e. The monoisotopic (exact) mass is 369 g/mol. The number of anilines is 1. The van der Waals surface area contributed by atoms with Crippen LogP contribution >= 0.6 is 0 Å². The summed E-state index contributed by atoms with van der Waals surface area (Å²) in [6, 6.07) is 5.46. The molecule has 2 aromatic rings. The van der Waals surface area contributed by atoms with Gasteiger partial charge in [0.15, 0.2) is 0 Å². The molecule has 0 aromatic heterocycles. The highest BCUT2D eigenvalue weighted by atomic mass is 19.1. The van der Waals surface area contributed by atoms with E-state index in [2.05, 4.69) is 5.32 Å². The molecule has 0 saturated heterocycles. The zero-order valence-electron chi connectivity index (χ0n) is 17.1. The van der Waals surface area contributed by atoms with Crippen LogP contribution in [0.15, 0.2) is 23.8 Å². The minimum Gasteiger partial charge on any atom is -0.478 e. The Morgan fingerprint density at radius 2 is 1.63 bits per heavy atom. The summed E-state index contributed by atoms with van der Waals surface area (Å²) in [5.74, 6) is -1.21. The third-order valence-corrected chi connectivity index (χ3v) is 5.07. The van der Waals surface area contributed by atoms with Crippen molar-refractivity contribution >= 4 is 17.7 Å². The molecule has 2 N–H and O–H groups in total. The van der Waals surface area contributed by atoms with Gasteiger partial charge in [-0.2, -0.15) is 0 Å². The van der Waals surface area contributed by atoms with Crippen molar-refractivity contribution in [3.63, 3.8) is 0 Å². The summed E-state index contributed by atoms with van der Waals surface area (Å²) < 4.78 is 14.9. The van der Waals surface area contributed by atoms with E-state index < -0.39 is 5.97 Å². The molecule has 0 bridgehead atoms. The topological polar surface area (TPSA) is 49.3 Å². The Labute approximate surface area is 160 Å². The first-order valence-corrected chi connectivity index (χ1v) is 9.13. The number of aliphatic carboxylic acids is 1. The van der Waals surface area contributed by atoms with Crippen molar-refractivity contribution in [2.24, 2.45) is 0 Å². The Kier molecular flexibility index (Phi) is 6.09. The average molecular weight is 369 g/mol. The number of carboxylic acid groups (broad SMARTS) is 1. The van der Waals surface area contributed by atoms with Gasteiger partial charge in [0.2, 0.25) is 0 Å². The van der Waals surface area contributed by atoms with Gasteiger partial charge in [-0.1, -0.05) is 0 Å². The molecule has 144 valence electrons. The summed E-state index contributed by atoms with van der Waals surface area (Å²) >= 11 is 0. The van der Waals surface area contributed by atoms with Crippen molar-refractivity contribution in [2.75, 3.05) is 5.32 Å². The van der Waals surface area contributed by atoms with Crippen LogP contribution in [0.5, 0.6) is 0 Å². The highest BCUT2D eigenvalue weighted by molar-refractivity contribution is 5.92. The molecule has 0 spiro atoms. The molecule has 0 fully saturated rings. The number of hydrogen-bond acceptors (Lipinski definition) is 2. The molecule has 0 amide bonds. The molecule has 0 radical (unpaired) electrons. The van der Waals surface area contributed by atoms with Crippen LogP contribution in [0, 0.1) is 33.5 Å². The van der Waals surface area contributed by atoms with E-state index in [0.717, 1.165) is 39.1 Å². The Hall–Kier alpha value is -2.62. The molecular formula is C23H28FNO2. The third-order valence-electron chi connectivity index (χ3n) is 5.07. The molecule has 0 heterocycles. The first-order valence-electron chi connectivity index (χ1n) is 9.13. The summed E-state index contributed by atoms with van der Waals surface area (Å²) in [5, 5.41) is 12.4. The fourth-order valence-electron chi connectivity index (χ4n) is 3.38. The lowest BCUT2D eigenvalue weighted by Gasteiger charge is -2.20. The third kappa shape index (κ3) is 4.21. The van der Waals surface area contributed by atoms with Crippen molar-refractivity contribution in [1.82, 2.24) is 0 Å². The normalized spacial score (nSPS) is 11.8. The summed E-state index contributed by atoms with van der Waals surface area (Å²) in [7, 11) is 0. The number of hydrogen-bond donors (Lipinski definition) is 2. The van der Waals surface area contributed by atoms with Crippen LogP contribution in [0.3, 0.4) is 0 Å². The quantitative estimate of drug-likeness (QED) is 0.632. The minimum atomic E-state index is -0.938. The summed E-state index contributed by atoms with van der Waals surface area (Å²) in [4.78, 5) is 11.2. The van der Waals surface area contributed by atoms with Gasteiger partial charge in [-0.25, -0.2) is 9.18 Å². The van der Waals surface area contributed by atoms with Crippen LogP contribution in [-0.4, -0.2) is 17.1 Å². The highest BCUT2D eigenvalue weighted by Crippen LogP contribution is 2.37. The van der Waals surface area contributed by atoms with Crippen LogP contribution in [0.25, 0.3) is 17.2 Å². The molecule has 0 unspecified atom stereocenters. The zero-order valence-corrected chi connectivity index (χ0v) is 17.1. The second-order valence-electron chi connectivity index (χ2n) is 7.41. The van der Waals surface area contributed by atoms with Crippen LogP contribution < -0.4 is 5.32 Å². The van der Waals surface area contributed by atoms with Crippen LogP contribution in [0.4, 0.5) is 10.1 Å². The predicted octanol–water partition coefficient (Wildman–Crippen LogP) is 6.03. The Bertz CT molecular complexity index is 897. The van der Waals surface area contributed by atoms with Crippen molar-refractivity contribution in [2.45, 2.75) is 54.5 Å². The minimum absolute atomic E-state index is 0.228. The van der Waals surface area contributed by atoms with E-state index in [1.165, 1.54) is 6.07 Å². The molecule has 4 heteroatoms. The fraction of sp³-hybridized carbons (Fsp3) is 0.348. The lowest BCUT2D eigenvalue weighted by atomic mass is 9.85. The Morgan fingerprint density at radius 3 is 2.07 bits per heavy atom. The second-order valence-corrected chi connectivity index (χ2v) is 7.41. The van der Waals surface area contributed by atoms with Crippen molar-refractivity contribution < 1.29 is 14.3 Å². The molecule has 3 nitrogen and oxygen atoms in total. The Balaban J connectivity index is 2.67. The first-order chi connectivity index (χ1) is 12.5. The molecule has 0 aliphatic rings. The van der Waals surface area contributed by atoms with Gasteiger partial charge in [-0.3, -0.25) is 0 Å². The summed E-state index contributed by atoms with van der Waals surface area (Å²) in [6.07, 6.45) is 1.70. The van der Waals surface area contributed by atoms with Crippen LogP contribution in [0.1, 0.15) is 48.6 Å². The lowest BCUT2D eigenvalue weighted by Crippen LogP contribution is -2.10. The van der Waals surface area contributed by atoms with Gasteiger partial charge in [-0.15, -0.1) is 0 Å². The van der Waals surface area contributed by atoms with E-state index in [9.17, 15) is 14.3 Å². The number of benzene rings is 2. The van der Waals surface area contributed by atoms with Crippen LogP contribution in [0.2, 0.25) is 0 Å². The van der Waals surface area contributed by atoms with Crippen LogP contribution in [-0.2, 0) is 4.79 Å². The largest absolute Gasteiger partial charge is 0.478 e. The molecule has 2 rings (SSSR count). The maximum atomic E-state index is 14.9. The van der Waals surface area contributed by atoms with Gasteiger partial charge in [0.25, 0.3) is 0 Å². The van der Waals surface area contributed by atoms with Gasteiger partial charge >= 0.3 is 5.97 Å². The molecule has 27 heavy (non-hydrogen) atoms. The van der Waals surface area contributed by atoms with E-state index in [4.69, 9.17) is 0 Å². The number of carboxylic acids is 1. The number of rotatable bonds is 5. The average Bonchev–Trinajstić information content (AvgIpc) is 2.58. The first kappa shape index (κ1) is 20.7. The molecule has 0 aliphatic carbocycles. The van der Waals surface area contributed by atoms with Gasteiger partial charge in [0.1, 0.15) is 5.82 Å². The standard InChI is InChI=1S/C23H28FNO2/c1-12(2)25-18-8-9-19(21(24)11-18)22-16(6)14(4)20(15(5)17(22)7)10-13(3)23(26)27/h8-12,25H,1-7H3,(H,26,27). The number of halogens is 1. The maximum absolute atomic E-state index is 14.9. The maximum Gasteiger partial charge on any atom is 0.331 e. The molecule has 0 saturated carbocycles. The summed E-state index contributed by atoms with van der Waals surface area (Å²) in [6.45, 7) is 13.4. The number of nitrogens with one attached hydrogen (secondary N) is 1. The molecule has 0 atom stereocenters. The fourth-order valence-corrected chi connectivity index (χ4v) is 3.38. The van der Waals surface area contributed by atoms with Gasteiger partial charge < -0.3 is 10.4 Å². The van der Waals surface area contributed by atoms with E-state index in [-0.39, 0.29) is 17.4 Å². The lowest BCUT2D eigenvalue weighted by molar-refractivity contribution is -0.132. The number of carbonyl (C=O) groups is 1. The van der Waals surface area contributed by atoms with Crippen molar-refractivity contribution in [1.29, 1.82) is 0 Å². The SMILES string of the molecule is CC(=Cc1c(C)c(C)c(-c2ccc(NC(C)C)cc2F)c(C)c1C)C(=O)O. The second kappa shape index (κ2) is 7.95. The van der Waals surface area contributed by atoms with Crippen molar-refractivity contribution in [3.05, 3.63) is 57.4 Å². The zero-order chi connectivity index (χ0) is 20.5. The van der Waals surface area contributed by atoms with E-state index >= 15 is 0 Å². The van der Waals surface area contributed by atoms with E-state index in [1.54, 1.807) is 13.0 Å². The van der Waals surface area contributed by atoms with Crippen molar-refractivity contribution in [3.8, 4) is 11.1 Å². The molecular weight excluding hydrogens is 341 g/mol. The van der Waals surface area contributed by atoms with Gasteiger partial charge in [0, 0.05) is 22.9 Å². The predicted molar refractivity (Wildman–Crippen MR) is 111 cm³/mol.